The minimum absolute atomic E-state index is 0.0670. The molecule has 0 saturated carbocycles. The van der Waals surface area contributed by atoms with Gasteiger partial charge in [0.1, 0.15) is 6.10 Å². The van der Waals surface area contributed by atoms with Crippen LogP contribution in [0.4, 0.5) is 0 Å². The maximum absolute atomic E-state index is 11.9. The highest BCUT2D eigenvalue weighted by Gasteiger charge is 2.25. The van der Waals surface area contributed by atoms with E-state index in [1.54, 1.807) is 0 Å². The van der Waals surface area contributed by atoms with Crippen LogP contribution in [-0.2, 0) is 16.0 Å². The van der Waals surface area contributed by atoms with Gasteiger partial charge in [0.2, 0.25) is 0 Å². The molecule has 1 aromatic carbocycles. The lowest BCUT2D eigenvalue weighted by Gasteiger charge is -2.26. The Morgan fingerprint density at radius 3 is 3.06 bits per heavy atom. The minimum Gasteiger partial charge on any atom is -0.457 e. The van der Waals surface area contributed by atoms with E-state index in [0.717, 1.165) is 19.3 Å². The number of fused-ring (bicyclic) bond motifs is 1. The number of aryl methyl sites for hydroxylation is 1. The third-order valence-corrected chi connectivity index (χ3v) is 3.57. The van der Waals surface area contributed by atoms with Gasteiger partial charge in [-0.15, -0.1) is 0 Å². The summed E-state index contributed by atoms with van der Waals surface area (Å²) in [6.07, 6.45) is 3.72. The monoisotopic (exact) mass is 247 g/mol. The molecule has 0 aliphatic heterocycles. The van der Waals surface area contributed by atoms with Gasteiger partial charge in [0.25, 0.3) is 0 Å². The zero-order chi connectivity index (χ0) is 13.0. The van der Waals surface area contributed by atoms with Gasteiger partial charge in [-0.05, 0) is 43.4 Å². The molecule has 0 fully saturated rings. The van der Waals surface area contributed by atoms with Crippen molar-refractivity contribution in [2.24, 2.45) is 11.7 Å². The number of esters is 1. The van der Waals surface area contributed by atoms with Gasteiger partial charge >= 0.3 is 5.97 Å². The maximum atomic E-state index is 11.9. The van der Waals surface area contributed by atoms with E-state index < -0.39 is 0 Å². The van der Waals surface area contributed by atoms with Crippen molar-refractivity contribution in [1.82, 2.24) is 0 Å². The summed E-state index contributed by atoms with van der Waals surface area (Å²) >= 11 is 0. The molecule has 3 nitrogen and oxygen atoms in total. The molecule has 2 unspecified atom stereocenters. The summed E-state index contributed by atoms with van der Waals surface area (Å²) in [6.45, 7) is 2.40. The first-order valence-electron chi connectivity index (χ1n) is 6.70. The molecule has 0 aromatic heterocycles. The second-order valence-corrected chi connectivity index (χ2v) is 4.99. The van der Waals surface area contributed by atoms with Crippen molar-refractivity contribution in [1.29, 1.82) is 0 Å². The second kappa shape index (κ2) is 6.01. The Morgan fingerprint density at radius 1 is 1.50 bits per heavy atom. The highest BCUT2D eigenvalue weighted by Crippen LogP contribution is 2.32. The first-order chi connectivity index (χ1) is 8.72. The molecule has 1 aliphatic rings. The van der Waals surface area contributed by atoms with E-state index in [-0.39, 0.29) is 18.0 Å². The van der Waals surface area contributed by atoms with Gasteiger partial charge in [-0.2, -0.15) is 0 Å². The molecule has 2 atom stereocenters. The molecule has 0 spiro atoms. The highest BCUT2D eigenvalue weighted by atomic mass is 16.5. The number of carbonyl (C=O) groups is 1. The molecule has 18 heavy (non-hydrogen) atoms. The molecule has 0 heterocycles. The standard InChI is InChI=1S/C15H21NO2/c1-11(9-10-16)15(17)18-14-8-4-6-12-5-2-3-7-13(12)14/h2-3,5,7,11,14H,4,6,8-10,16H2,1H3. The lowest BCUT2D eigenvalue weighted by molar-refractivity contribution is -0.154. The van der Waals surface area contributed by atoms with Crippen LogP contribution in [0.5, 0.6) is 0 Å². The summed E-state index contributed by atoms with van der Waals surface area (Å²) in [5.41, 5.74) is 7.96. The third kappa shape index (κ3) is 2.91. The van der Waals surface area contributed by atoms with Gasteiger partial charge in [0.15, 0.2) is 0 Å². The lowest BCUT2D eigenvalue weighted by atomic mass is 9.89. The van der Waals surface area contributed by atoms with Gasteiger partial charge in [0, 0.05) is 0 Å². The molecule has 2 rings (SSSR count). The summed E-state index contributed by atoms with van der Waals surface area (Å²) in [7, 11) is 0. The van der Waals surface area contributed by atoms with Gasteiger partial charge < -0.3 is 10.5 Å². The van der Waals surface area contributed by atoms with Crippen LogP contribution in [0.25, 0.3) is 0 Å². The molecule has 3 heteroatoms. The van der Waals surface area contributed by atoms with Crippen molar-refractivity contribution in [2.45, 2.75) is 38.7 Å². The molecule has 98 valence electrons. The van der Waals surface area contributed by atoms with Gasteiger partial charge in [-0.25, -0.2) is 0 Å². The number of rotatable bonds is 4. The van der Waals surface area contributed by atoms with Crippen molar-refractivity contribution in [3.63, 3.8) is 0 Å². The molecule has 1 aromatic rings. The zero-order valence-electron chi connectivity index (χ0n) is 10.9. The van der Waals surface area contributed by atoms with Crippen LogP contribution in [0.2, 0.25) is 0 Å². The number of carbonyl (C=O) groups excluding carboxylic acids is 1. The van der Waals surface area contributed by atoms with Crippen LogP contribution < -0.4 is 5.73 Å². The van der Waals surface area contributed by atoms with Crippen LogP contribution >= 0.6 is 0 Å². The van der Waals surface area contributed by atoms with Crippen molar-refractivity contribution in [3.05, 3.63) is 35.4 Å². The van der Waals surface area contributed by atoms with Crippen LogP contribution in [0, 0.1) is 5.92 Å². The smallest absolute Gasteiger partial charge is 0.309 e. The lowest BCUT2D eigenvalue weighted by Crippen LogP contribution is -2.22. The number of nitrogens with two attached hydrogens (primary N) is 1. The van der Waals surface area contributed by atoms with Crippen molar-refractivity contribution in [3.8, 4) is 0 Å². The number of benzene rings is 1. The summed E-state index contributed by atoms with van der Waals surface area (Å²) in [5.74, 6) is -0.230. The fraction of sp³-hybridized carbons (Fsp3) is 0.533. The van der Waals surface area contributed by atoms with Crippen molar-refractivity contribution >= 4 is 5.97 Å². The molecule has 2 N–H and O–H groups in total. The van der Waals surface area contributed by atoms with Gasteiger partial charge in [0.05, 0.1) is 5.92 Å². The van der Waals surface area contributed by atoms with Crippen LogP contribution in [0.15, 0.2) is 24.3 Å². The van der Waals surface area contributed by atoms with E-state index in [4.69, 9.17) is 10.5 Å². The Balaban J connectivity index is 2.05. The average Bonchev–Trinajstić information content (AvgIpc) is 2.39. The Bertz CT molecular complexity index is 417. The normalized spacial score (nSPS) is 20.0. The first kappa shape index (κ1) is 13.1. The fourth-order valence-electron chi connectivity index (χ4n) is 2.46. The largest absolute Gasteiger partial charge is 0.457 e. The first-order valence-corrected chi connectivity index (χ1v) is 6.70. The fourth-order valence-corrected chi connectivity index (χ4v) is 2.46. The van der Waals surface area contributed by atoms with E-state index in [1.807, 2.05) is 19.1 Å². The van der Waals surface area contributed by atoms with Crippen LogP contribution in [0.1, 0.15) is 43.4 Å². The highest BCUT2D eigenvalue weighted by molar-refractivity contribution is 5.72. The topological polar surface area (TPSA) is 52.3 Å². The number of hydrogen-bond donors (Lipinski definition) is 1. The second-order valence-electron chi connectivity index (χ2n) is 4.99. The summed E-state index contributed by atoms with van der Waals surface area (Å²) in [4.78, 5) is 11.9. The predicted octanol–water partition coefficient (Wildman–Crippen LogP) is 2.59. The van der Waals surface area contributed by atoms with E-state index in [0.29, 0.717) is 13.0 Å². The minimum atomic E-state index is -0.123. The van der Waals surface area contributed by atoms with E-state index in [9.17, 15) is 4.79 Å². The maximum Gasteiger partial charge on any atom is 0.309 e. The van der Waals surface area contributed by atoms with Crippen molar-refractivity contribution < 1.29 is 9.53 Å². The summed E-state index contributed by atoms with van der Waals surface area (Å²) in [6, 6.07) is 8.24. The Labute approximate surface area is 108 Å². The predicted molar refractivity (Wildman–Crippen MR) is 71.0 cm³/mol. The van der Waals surface area contributed by atoms with Crippen molar-refractivity contribution in [2.75, 3.05) is 6.54 Å². The van der Waals surface area contributed by atoms with Gasteiger partial charge in [-0.3, -0.25) is 4.79 Å². The summed E-state index contributed by atoms with van der Waals surface area (Å²) < 4.78 is 5.64. The molecule has 0 radical (unpaired) electrons. The molecule has 0 saturated heterocycles. The van der Waals surface area contributed by atoms with E-state index in [2.05, 4.69) is 12.1 Å². The van der Waals surface area contributed by atoms with Crippen LogP contribution in [-0.4, -0.2) is 12.5 Å². The van der Waals surface area contributed by atoms with Crippen LogP contribution in [0.3, 0.4) is 0 Å². The Morgan fingerprint density at radius 2 is 2.28 bits per heavy atom. The Hall–Kier alpha value is -1.35. The molecule has 0 amide bonds. The number of ether oxygens (including phenoxy) is 1. The SMILES string of the molecule is CC(CCN)C(=O)OC1CCCc2ccccc21. The zero-order valence-corrected chi connectivity index (χ0v) is 10.9. The molecule has 1 aliphatic carbocycles. The third-order valence-electron chi connectivity index (χ3n) is 3.57. The quantitative estimate of drug-likeness (QED) is 0.832. The van der Waals surface area contributed by atoms with E-state index >= 15 is 0 Å². The molecular formula is C15H21NO2. The number of hydrogen-bond acceptors (Lipinski definition) is 3. The summed E-state index contributed by atoms with van der Waals surface area (Å²) in [5, 5.41) is 0. The average molecular weight is 247 g/mol. The van der Waals surface area contributed by atoms with E-state index in [1.165, 1.54) is 11.1 Å². The Kier molecular flexibility index (Phi) is 4.37. The van der Waals surface area contributed by atoms with Gasteiger partial charge in [-0.1, -0.05) is 31.2 Å². The molecule has 0 bridgehead atoms. The molecular weight excluding hydrogens is 226 g/mol.